The third kappa shape index (κ3) is 0.632. The maximum Gasteiger partial charge on any atom is 0.155 e. The Morgan fingerprint density at radius 1 is 1.50 bits per heavy atom. The van der Waals surface area contributed by atoms with E-state index in [9.17, 15) is 0 Å². The first-order valence-electron chi connectivity index (χ1n) is 3.18. The van der Waals surface area contributed by atoms with Gasteiger partial charge in [-0.15, -0.1) is 0 Å². The molecule has 1 saturated carbocycles. The van der Waals surface area contributed by atoms with Crippen molar-refractivity contribution in [1.82, 2.24) is 0 Å². The summed E-state index contributed by atoms with van der Waals surface area (Å²) in [5.41, 5.74) is -0.353. The fraction of sp³-hybridized carbons (Fsp3) is 1.00. The van der Waals surface area contributed by atoms with E-state index in [-0.39, 0.29) is 11.5 Å². The van der Waals surface area contributed by atoms with Crippen molar-refractivity contribution in [2.24, 2.45) is 5.92 Å². The normalized spacial score (nSPS) is 50.1. The van der Waals surface area contributed by atoms with Crippen molar-refractivity contribution in [2.45, 2.75) is 16.9 Å². The Morgan fingerprint density at radius 3 is 2.60 bits per heavy atom. The smallest absolute Gasteiger partial charge is 0.155 e. The van der Waals surface area contributed by atoms with Gasteiger partial charge in [0.2, 0.25) is 0 Å². The molecule has 2 fully saturated rings. The summed E-state index contributed by atoms with van der Waals surface area (Å²) in [4.78, 5) is 0. The van der Waals surface area contributed by atoms with E-state index in [1.165, 1.54) is 0 Å². The molecular formula is C6H8Cl2O2. The number of fused-ring (bicyclic) bond motifs is 1. The SMILES string of the molecule is CC12OCOCC1C2(Cl)Cl. The van der Waals surface area contributed by atoms with Crippen LogP contribution in [0.4, 0.5) is 0 Å². The molecule has 1 saturated heterocycles. The molecule has 2 unspecified atom stereocenters. The third-order valence-corrected chi connectivity index (χ3v) is 3.69. The highest BCUT2D eigenvalue weighted by Crippen LogP contribution is 2.65. The zero-order chi connectivity index (χ0) is 7.41. The van der Waals surface area contributed by atoms with E-state index in [1.54, 1.807) is 0 Å². The summed E-state index contributed by atoms with van der Waals surface area (Å²) in [7, 11) is 0. The number of hydrogen-bond acceptors (Lipinski definition) is 2. The Bertz CT molecular complexity index is 171. The summed E-state index contributed by atoms with van der Waals surface area (Å²) in [6.07, 6.45) is 0. The van der Waals surface area contributed by atoms with Gasteiger partial charge in [-0.05, 0) is 6.92 Å². The van der Waals surface area contributed by atoms with Gasteiger partial charge in [0.15, 0.2) is 4.33 Å². The van der Waals surface area contributed by atoms with Gasteiger partial charge in [-0.1, -0.05) is 23.2 Å². The third-order valence-electron chi connectivity index (χ3n) is 2.41. The minimum atomic E-state index is -0.719. The van der Waals surface area contributed by atoms with Crippen LogP contribution in [0.3, 0.4) is 0 Å². The van der Waals surface area contributed by atoms with Gasteiger partial charge in [0, 0.05) is 0 Å². The monoisotopic (exact) mass is 182 g/mol. The molecule has 2 aliphatic rings. The van der Waals surface area contributed by atoms with Gasteiger partial charge in [0.25, 0.3) is 0 Å². The van der Waals surface area contributed by atoms with Crippen LogP contribution in [0.5, 0.6) is 0 Å². The van der Waals surface area contributed by atoms with Crippen LogP contribution in [-0.4, -0.2) is 23.3 Å². The highest BCUT2D eigenvalue weighted by Gasteiger charge is 2.76. The van der Waals surface area contributed by atoms with E-state index in [0.29, 0.717) is 13.4 Å². The number of alkyl halides is 2. The second-order valence-electron chi connectivity index (χ2n) is 2.92. The Hall–Kier alpha value is 0.500. The maximum absolute atomic E-state index is 5.92. The first-order valence-corrected chi connectivity index (χ1v) is 3.94. The topological polar surface area (TPSA) is 18.5 Å². The minimum absolute atomic E-state index is 0.150. The molecule has 0 aromatic rings. The van der Waals surface area contributed by atoms with Gasteiger partial charge in [0.1, 0.15) is 12.4 Å². The molecule has 0 aromatic carbocycles. The molecule has 1 aliphatic carbocycles. The van der Waals surface area contributed by atoms with Gasteiger partial charge >= 0.3 is 0 Å². The quantitative estimate of drug-likeness (QED) is 0.530. The standard InChI is InChI=1S/C6H8Cl2O2/c1-5-4(6(5,7)8)2-9-3-10-5/h4H,2-3H2,1H3. The molecule has 2 rings (SSSR count). The summed E-state index contributed by atoms with van der Waals surface area (Å²) >= 11 is 11.8. The zero-order valence-electron chi connectivity index (χ0n) is 5.56. The van der Waals surface area contributed by atoms with Gasteiger partial charge in [-0.3, -0.25) is 0 Å². The summed E-state index contributed by atoms with van der Waals surface area (Å²) in [5, 5.41) is 0. The van der Waals surface area contributed by atoms with Crippen LogP contribution in [0, 0.1) is 5.92 Å². The molecule has 0 N–H and O–H groups in total. The van der Waals surface area contributed by atoms with E-state index in [0.717, 1.165) is 0 Å². The van der Waals surface area contributed by atoms with E-state index >= 15 is 0 Å². The number of ether oxygens (including phenoxy) is 2. The first kappa shape index (κ1) is 7.17. The van der Waals surface area contributed by atoms with E-state index < -0.39 is 4.33 Å². The molecule has 0 radical (unpaired) electrons. The lowest BCUT2D eigenvalue weighted by atomic mass is 10.3. The summed E-state index contributed by atoms with van der Waals surface area (Å²) < 4.78 is 9.58. The average Bonchev–Trinajstić information content (AvgIpc) is 2.30. The van der Waals surface area contributed by atoms with Crippen LogP contribution >= 0.6 is 23.2 Å². The van der Waals surface area contributed by atoms with Crippen molar-refractivity contribution < 1.29 is 9.47 Å². The van der Waals surface area contributed by atoms with Crippen LogP contribution in [0.15, 0.2) is 0 Å². The molecule has 1 aliphatic heterocycles. The fourth-order valence-corrected chi connectivity index (χ4v) is 2.19. The van der Waals surface area contributed by atoms with E-state index in [2.05, 4.69) is 0 Å². The fourth-order valence-electron chi connectivity index (χ4n) is 1.38. The second kappa shape index (κ2) is 1.81. The number of hydrogen-bond donors (Lipinski definition) is 0. The average molecular weight is 183 g/mol. The molecule has 0 aromatic heterocycles. The van der Waals surface area contributed by atoms with Crippen molar-refractivity contribution in [2.75, 3.05) is 13.4 Å². The van der Waals surface area contributed by atoms with Gasteiger partial charge in [-0.25, -0.2) is 0 Å². The predicted octanol–water partition coefficient (Wildman–Crippen LogP) is 1.55. The van der Waals surface area contributed by atoms with Crippen LogP contribution in [0.2, 0.25) is 0 Å². The van der Waals surface area contributed by atoms with E-state index in [1.807, 2.05) is 6.92 Å². The Kier molecular flexibility index (Phi) is 1.29. The van der Waals surface area contributed by atoms with Gasteiger partial charge < -0.3 is 9.47 Å². The predicted molar refractivity (Wildman–Crippen MR) is 38.2 cm³/mol. The lowest BCUT2D eigenvalue weighted by Crippen LogP contribution is -2.24. The maximum atomic E-state index is 5.92. The molecule has 0 amide bonds. The van der Waals surface area contributed by atoms with Crippen LogP contribution in [0.25, 0.3) is 0 Å². The van der Waals surface area contributed by atoms with Gasteiger partial charge in [0.05, 0.1) is 12.5 Å². The molecule has 58 valence electrons. The number of halogens is 2. The van der Waals surface area contributed by atoms with Crippen LogP contribution in [-0.2, 0) is 9.47 Å². The van der Waals surface area contributed by atoms with E-state index in [4.69, 9.17) is 32.7 Å². The first-order chi connectivity index (χ1) is 4.59. The second-order valence-corrected chi connectivity index (χ2v) is 4.30. The van der Waals surface area contributed by atoms with Crippen molar-refractivity contribution in [3.05, 3.63) is 0 Å². The Labute approximate surface area is 69.4 Å². The molecule has 10 heavy (non-hydrogen) atoms. The zero-order valence-corrected chi connectivity index (χ0v) is 7.08. The van der Waals surface area contributed by atoms with Crippen LogP contribution < -0.4 is 0 Å². The molecule has 0 spiro atoms. The lowest BCUT2D eigenvalue weighted by molar-refractivity contribution is -0.140. The molecule has 1 heterocycles. The highest BCUT2D eigenvalue weighted by atomic mass is 35.5. The van der Waals surface area contributed by atoms with Crippen molar-refractivity contribution >= 4 is 23.2 Å². The summed E-state index contributed by atoms with van der Waals surface area (Å²) in [6.45, 7) is 2.85. The Morgan fingerprint density at radius 2 is 2.20 bits per heavy atom. The van der Waals surface area contributed by atoms with Gasteiger partial charge in [-0.2, -0.15) is 0 Å². The van der Waals surface area contributed by atoms with Crippen LogP contribution in [0.1, 0.15) is 6.92 Å². The highest BCUT2D eigenvalue weighted by molar-refractivity contribution is 6.52. The minimum Gasteiger partial charge on any atom is -0.355 e. The molecular weight excluding hydrogens is 175 g/mol. The molecule has 2 nitrogen and oxygen atoms in total. The largest absolute Gasteiger partial charge is 0.355 e. The molecule has 4 heteroatoms. The van der Waals surface area contributed by atoms with Crippen molar-refractivity contribution in [3.8, 4) is 0 Å². The lowest BCUT2D eigenvalue weighted by Gasteiger charge is -2.17. The van der Waals surface area contributed by atoms with Crippen molar-refractivity contribution in [3.63, 3.8) is 0 Å². The molecule has 2 atom stereocenters. The summed E-state index contributed by atoms with van der Waals surface area (Å²) in [5.74, 6) is 0.150. The van der Waals surface area contributed by atoms with Crippen molar-refractivity contribution in [1.29, 1.82) is 0 Å². The Balaban J connectivity index is 2.20. The molecule has 0 bridgehead atoms. The summed E-state index contributed by atoms with van der Waals surface area (Å²) in [6, 6.07) is 0. The number of rotatable bonds is 0.